The third kappa shape index (κ3) is 8.65. The summed E-state index contributed by atoms with van der Waals surface area (Å²) in [5.74, 6) is -1.23. The Morgan fingerprint density at radius 3 is 1.56 bits per heavy atom. The highest BCUT2D eigenvalue weighted by Gasteiger charge is 2.44. The molecule has 0 spiro atoms. The molecule has 2 heterocycles. The molecular formula is C61H60N4O3S2. The third-order valence-electron chi connectivity index (χ3n) is 14.8. The van der Waals surface area contributed by atoms with Crippen molar-refractivity contribution in [3.63, 3.8) is 0 Å². The van der Waals surface area contributed by atoms with Crippen molar-refractivity contribution in [1.29, 1.82) is 10.5 Å². The summed E-state index contributed by atoms with van der Waals surface area (Å²) in [5, 5.41) is 28.6. The van der Waals surface area contributed by atoms with Gasteiger partial charge >= 0.3 is 5.97 Å². The van der Waals surface area contributed by atoms with Crippen molar-refractivity contribution in [2.75, 3.05) is 4.90 Å². The number of unbranched alkanes of at least 4 members (excludes halogenated alkanes) is 4. The number of aliphatic carboxylic acids is 1. The number of thiazole rings is 1. The SMILES string of the molecule is CCCCC1(CCCC)c2ccccc2-c2ccc(N(c3ccc(-c4ccc(/C=c5\sc(=C(C#N)C#N)n(CC(=O)O)c5=O)s4)cc3)c3ccc4c(c3)C(CCCC)(CCCC)c3ccccc3-4)cc21. The van der Waals surface area contributed by atoms with Gasteiger partial charge in [0.25, 0.3) is 5.56 Å². The normalized spacial score (nSPS) is 13.8. The number of nitrogens with zero attached hydrogens (tertiary/aromatic N) is 4. The third-order valence-corrected chi connectivity index (χ3v) is 17.0. The number of aromatic nitrogens is 1. The van der Waals surface area contributed by atoms with Crippen LogP contribution in [0.25, 0.3) is 44.3 Å². The highest BCUT2D eigenvalue weighted by Crippen LogP contribution is 2.58. The van der Waals surface area contributed by atoms with Gasteiger partial charge in [-0.3, -0.25) is 14.2 Å². The average molecular weight is 961 g/mol. The Hall–Kier alpha value is -6.78. The molecule has 0 bridgehead atoms. The van der Waals surface area contributed by atoms with Crippen LogP contribution in [0.4, 0.5) is 17.1 Å². The lowest BCUT2D eigenvalue weighted by molar-refractivity contribution is -0.137. The summed E-state index contributed by atoms with van der Waals surface area (Å²) in [7, 11) is 0. The van der Waals surface area contributed by atoms with Crippen molar-refractivity contribution < 1.29 is 9.90 Å². The molecule has 7 aromatic rings. The van der Waals surface area contributed by atoms with Crippen molar-refractivity contribution in [2.24, 2.45) is 0 Å². The molecule has 1 N–H and O–H groups in total. The number of carboxylic acid groups (broad SMARTS) is 1. The molecule has 354 valence electrons. The van der Waals surface area contributed by atoms with Gasteiger partial charge in [0.15, 0.2) is 5.57 Å². The standard InChI is InChI=1S/C61H60N4O3S2/c1-5-9-31-60(32-10-6-2)51-19-15-13-17-47(51)49-28-25-44(35-53(49)60)65(45-26-29-50-48-18-14-16-20-52(48)61(33-11-7-3,34-12-8-4)54(50)36-45)43-23-21-41(22-24-43)55-30-27-46(69-55)37-56-58(68)64(40-57(66)67)59(70-56)42(38-62)39-63/h13-30,35-37H,5-12,31-34,40H2,1-4H3,(H,66,67)/b56-37-. The first-order valence-corrected chi connectivity index (χ1v) is 26.7. The Labute approximate surface area is 420 Å². The number of thiophene rings is 1. The predicted molar refractivity (Wildman–Crippen MR) is 289 cm³/mol. The van der Waals surface area contributed by atoms with Crippen LogP contribution in [-0.4, -0.2) is 15.6 Å². The molecule has 0 saturated carbocycles. The summed E-state index contributed by atoms with van der Waals surface area (Å²) in [5.41, 5.74) is 14.7. The van der Waals surface area contributed by atoms with Crippen LogP contribution in [0.5, 0.6) is 0 Å². The van der Waals surface area contributed by atoms with E-state index in [1.54, 1.807) is 6.08 Å². The molecule has 7 nitrogen and oxygen atoms in total. The lowest BCUT2D eigenvalue weighted by Gasteiger charge is -2.35. The highest BCUT2D eigenvalue weighted by atomic mass is 32.1. The van der Waals surface area contributed by atoms with E-state index in [0.717, 1.165) is 125 Å². The van der Waals surface area contributed by atoms with Gasteiger partial charge in [-0.05, 0) is 130 Å². The summed E-state index contributed by atoms with van der Waals surface area (Å²) >= 11 is 2.48. The molecular weight excluding hydrogens is 901 g/mol. The molecule has 0 fully saturated rings. The maximum absolute atomic E-state index is 13.4. The van der Waals surface area contributed by atoms with E-state index in [1.165, 1.54) is 55.8 Å². The zero-order valence-corrected chi connectivity index (χ0v) is 42.3. The largest absolute Gasteiger partial charge is 0.480 e. The first-order chi connectivity index (χ1) is 34.1. The fourth-order valence-corrected chi connectivity index (χ4v) is 13.5. The van der Waals surface area contributed by atoms with Gasteiger partial charge in [-0.1, -0.05) is 152 Å². The summed E-state index contributed by atoms with van der Waals surface area (Å²) in [6, 6.07) is 49.1. The topological polar surface area (TPSA) is 110 Å². The molecule has 5 aromatic carbocycles. The minimum atomic E-state index is -1.23. The number of fused-ring (bicyclic) bond motifs is 6. The van der Waals surface area contributed by atoms with Gasteiger partial charge in [0.05, 0.1) is 4.53 Å². The molecule has 0 aliphatic heterocycles. The van der Waals surface area contributed by atoms with Crippen LogP contribution >= 0.6 is 22.7 Å². The van der Waals surface area contributed by atoms with Gasteiger partial charge in [0.1, 0.15) is 23.3 Å². The number of nitriles is 2. The van der Waals surface area contributed by atoms with E-state index in [4.69, 9.17) is 0 Å². The summed E-state index contributed by atoms with van der Waals surface area (Å²) < 4.78 is 1.29. The quantitative estimate of drug-likeness (QED) is 0.0864. The van der Waals surface area contributed by atoms with Gasteiger partial charge in [-0.15, -0.1) is 22.7 Å². The van der Waals surface area contributed by atoms with Crippen molar-refractivity contribution in [3.8, 4) is 44.8 Å². The van der Waals surface area contributed by atoms with E-state index in [1.807, 2.05) is 24.3 Å². The minimum absolute atomic E-state index is 0.0432. The first kappa shape index (κ1) is 48.3. The van der Waals surface area contributed by atoms with Crippen LogP contribution in [0.1, 0.15) is 132 Å². The zero-order chi connectivity index (χ0) is 49.0. The van der Waals surface area contributed by atoms with Crippen LogP contribution in [0, 0.1) is 22.7 Å². The lowest BCUT2D eigenvalue weighted by atomic mass is 9.70. The fraction of sp³-hybridized carbons (Fsp3) is 0.311. The van der Waals surface area contributed by atoms with Gasteiger partial charge in [0.2, 0.25) is 0 Å². The van der Waals surface area contributed by atoms with E-state index < -0.39 is 18.1 Å². The second kappa shape index (κ2) is 20.7. The van der Waals surface area contributed by atoms with Gasteiger partial charge in [-0.2, -0.15) is 10.5 Å². The summed E-state index contributed by atoms with van der Waals surface area (Å²) in [6.45, 7) is 8.59. The molecule has 0 unspecified atom stereocenters. The van der Waals surface area contributed by atoms with Crippen molar-refractivity contribution >= 4 is 57.4 Å². The molecule has 9 heteroatoms. The number of carbonyl (C=O) groups is 1. The Morgan fingerprint density at radius 1 is 0.614 bits per heavy atom. The van der Waals surface area contributed by atoms with Crippen LogP contribution < -0.4 is 19.7 Å². The number of hydrogen-bond donors (Lipinski definition) is 1. The molecule has 0 saturated heterocycles. The van der Waals surface area contributed by atoms with Gasteiger partial charge in [0, 0.05) is 37.6 Å². The Balaban J connectivity index is 1.18. The Kier molecular flexibility index (Phi) is 14.2. The summed E-state index contributed by atoms with van der Waals surface area (Å²) in [6.07, 6.45) is 15.4. The number of hydrogen-bond acceptors (Lipinski definition) is 7. The lowest BCUT2D eigenvalue weighted by Crippen LogP contribution is -2.34. The van der Waals surface area contributed by atoms with Gasteiger partial charge < -0.3 is 10.0 Å². The second-order valence-electron chi connectivity index (χ2n) is 19.0. The average Bonchev–Trinajstić information content (AvgIpc) is 4.12. The molecule has 0 amide bonds. The van der Waals surface area contributed by atoms with E-state index in [0.29, 0.717) is 0 Å². The molecule has 2 aliphatic carbocycles. The molecule has 0 radical (unpaired) electrons. The fourth-order valence-electron chi connectivity index (χ4n) is 11.4. The first-order valence-electron chi connectivity index (χ1n) is 25.1. The Bertz CT molecular complexity index is 3210. The van der Waals surface area contributed by atoms with Crippen molar-refractivity contribution in [2.45, 2.75) is 122 Å². The van der Waals surface area contributed by atoms with Crippen LogP contribution in [0.15, 0.2) is 126 Å². The Morgan fingerprint density at radius 2 is 1.09 bits per heavy atom. The van der Waals surface area contributed by atoms with Crippen LogP contribution in [0.2, 0.25) is 0 Å². The van der Waals surface area contributed by atoms with Gasteiger partial charge in [-0.25, -0.2) is 0 Å². The molecule has 2 aliphatic rings. The number of benzene rings is 5. The molecule has 9 rings (SSSR count). The number of carboxylic acids is 1. The molecule has 0 atom stereocenters. The van der Waals surface area contributed by atoms with E-state index in [2.05, 4.69) is 142 Å². The highest BCUT2D eigenvalue weighted by molar-refractivity contribution is 7.16. The maximum atomic E-state index is 13.4. The predicted octanol–water partition coefficient (Wildman–Crippen LogP) is 14.5. The number of rotatable bonds is 19. The van der Waals surface area contributed by atoms with Crippen LogP contribution in [-0.2, 0) is 22.2 Å². The van der Waals surface area contributed by atoms with E-state index >= 15 is 0 Å². The van der Waals surface area contributed by atoms with E-state index in [-0.39, 0.29) is 25.6 Å². The van der Waals surface area contributed by atoms with Crippen LogP contribution in [0.3, 0.4) is 0 Å². The van der Waals surface area contributed by atoms with E-state index in [9.17, 15) is 25.2 Å². The minimum Gasteiger partial charge on any atom is -0.480 e. The number of anilines is 3. The second-order valence-corrected chi connectivity index (χ2v) is 21.2. The zero-order valence-electron chi connectivity index (χ0n) is 40.7. The molecule has 70 heavy (non-hydrogen) atoms. The van der Waals surface area contributed by atoms with Crippen molar-refractivity contribution in [1.82, 2.24) is 4.57 Å². The van der Waals surface area contributed by atoms with Crippen molar-refractivity contribution in [3.05, 3.63) is 168 Å². The maximum Gasteiger partial charge on any atom is 0.323 e. The monoisotopic (exact) mass is 960 g/mol. The molecule has 2 aromatic heterocycles. The smallest absolute Gasteiger partial charge is 0.323 e. The summed E-state index contributed by atoms with van der Waals surface area (Å²) in [4.78, 5) is 29.4.